The van der Waals surface area contributed by atoms with Gasteiger partial charge in [-0.25, -0.2) is 8.42 Å². The summed E-state index contributed by atoms with van der Waals surface area (Å²) in [5.41, 5.74) is 1.88. The summed E-state index contributed by atoms with van der Waals surface area (Å²) in [4.78, 5) is 29.3. The fourth-order valence-electron chi connectivity index (χ4n) is 5.34. The second-order valence-electron chi connectivity index (χ2n) is 10.8. The van der Waals surface area contributed by atoms with Crippen molar-refractivity contribution in [2.24, 2.45) is 0 Å². The molecule has 3 aromatic rings. The maximum absolute atomic E-state index is 14.3. The second-order valence-corrected chi connectivity index (χ2v) is 13.0. The highest BCUT2D eigenvalue weighted by molar-refractivity contribution is 7.92. The van der Waals surface area contributed by atoms with E-state index in [0.717, 1.165) is 35.6 Å². The third-order valence-corrected chi connectivity index (χ3v) is 9.87. The molecular formula is C33H40ClN3O5S. The Hall–Kier alpha value is -3.56. The van der Waals surface area contributed by atoms with Crippen LogP contribution in [0.4, 0.5) is 5.69 Å². The average Bonchev–Trinajstić information content (AvgIpc) is 3.50. The molecule has 1 fully saturated rings. The molecule has 1 N–H and O–H groups in total. The molecule has 1 aliphatic rings. The first kappa shape index (κ1) is 32.4. The van der Waals surface area contributed by atoms with E-state index in [2.05, 4.69) is 5.32 Å². The summed E-state index contributed by atoms with van der Waals surface area (Å²) < 4.78 is 34.7. The van der Waals surface area contributed by atoms with Gasteiger partial charge in [-0.2, -0.15) is 0 Å². The van der Waals surface area contributed by atoms with Crippen molar-refractivity contribution in [1.82, 2.24) is 10.2 Å². The predicted octanol–water partition coefficient (Wildman–Crippen LogP) is 6.11. The monoisotopic (exact) mass is 625 g/mol. The average molecular weight is 626 g/mol. The van der Waals surface area contributed by atoms with E-state index in [-0.39, 0.29) is 23.4 Å². The van der Waals surface area contributed by atoms with E-state index in [0.29, 0.717) is 35.1 Å². The number of aryl methyl sites for hydroxylation is 1. The van der Waals surface area contributed by atoms with Crippen LogP contribution in [0.1, 0.15) is 57.1 Å². The molecule has 0 aromatic heterocycles. The van der Waals surface area contributed by atoms with Gasteiger partial charge in [0.25, 0.3) is 10.0 Å². The summed E-state index contributed by atoms with van der Waals surface area (Å²) in [5.74, 6) is -0.179. The molecule has 1 aliphatic carbocycles. The number of carbonyl (C=O) groups excluding carboxylic acids is 2. The van der Waals surface area contributed by atoms with Gasteiger partial charge in [0.05, 0.1) is 17.2 Å². The minimum Gasteiger partial charge on any atom is -0.494 e. The lowest BCUT2D eigenvalue weighted by molar-refractivity contribution is -0.140. The van der Waals surface area contributed by atoms with Crippen LogP contribution < -0.4 is 14.4 Å². The Morgan fingerprint density at radius 2 is 1.63 bits per heavy atom. The summed E-state index contributed by atoms with van der Waals surface area (Å²) in [6.45, 7) is 5.58. The number of halogens is 1. The van der Waals surface area contributed by atoms with Crippen molar-refractivity contribution in [3.05, 3.63) is 88.9 Å². The van der Waals surface area contributed by atoms with Gasteiger partial charge in [-0.05, 0) is 81.1 Å². The molecule has 10 heteroatoms. The molecule has 1 unspecified atom stereocenters. The quantitative estimate of drug-likeness (QED) is 0.247. The summed E-state index contributed by atoms with van der Waals surface area (Å²) in [7, 11) is -4.16. The molecule has 2 amide bonds. The predicted molar refractivity (Wildman–Crippen MR) is 170 cm³/mol. The largest absolute Gasteiger partial charge is 0.494 e. The van der Waals surface area contributed by atoms with Crippen molar-refractivity contribution >= 4 is 39.1 Å². The highest BCUT2D eigenvalue weighted by Gasteiger charge is 2.34. The molecule has 0 heterocycles. The number of benzene rings is 3. The second kappa shape index (κ2) is 14.8. The molecule has 1 saturated carbocycles. The van der Waals surface area contributed by atoms with Crippen molar-refractivity contribution < 1.29 is 22.7 Å². The molecule has 0 bridgehead atoms. The van der Waals surface area contributed by atoms with Crippen LogP contribution >= 0.6 is 11.6 Å². The van der Waals surface area contributed by atoms with Crippen LogP contribution in [0.15, 0.2) is 77.7 Å². The number of hydrogen-bond donors (Lipinski definition) is 1. The number of sulfonamides is 1. The van der Waals surface area contributed by atoms with Gasteiger partial charge in [-0.3, -0.25) is 13.9 Å². The van der Waals surface area contributed by atoms with Gasteiger partial charge in [0, 0.05) is 17.6 Å². The van der Waals surface area contributed by atoms with E-state index in [1.807, 2.05) is 26.8 Å². The van der Waals surface area contributed by atoms with E-state index in [9.17, 15) is 18.0 Å². The molecular weight excluding hydrogens is 586 g/mol. The first-order valence-corrected chi connectivity index (χ1v) is 16.6. The number of rotatable bonds is 13. The molecule has 1 atom stereocenters. The van der Waals surface area contributed by atoms with Crippen LogP contribution in [-0.2, 0) is 26.2 Å². The zero-order valence-corrected chi connectivity index (χ0v) is 26.5. The van der Waals surface area contributed by atoms with Crippen molar-refractivity contribution in [2.45, 2.75) is 76.4 Å². The lowest BCUT2D eigenvalue weighted by atomic mass is 10.1. The van der Waals surface area contributed by atoms with Crippen LogP contribution in [0, 0.1) is 6.92 Å². The van der Waals surface area contributed by atoms with Crippen molar-refractivity contribution in [3.8, 4) is 5.75 Å². The topological polar surface area (TPSA) is 96.0 Å². The summed E-state index contributed by atoms with van der Waals surface area (Å²) in [6, 6.07) is 19.5. The number of nitrogens with zero attached hydrogens (tertiary/aromatic N) is 2. The Labute approximate surface area is 260 Å². The summed E-state index contributed by atoms with van der Waals surface area (Å²) in [6.07, 6.45) is 4.26. The van der Waals surface area contributed by atoms with Crippen LogP contribution in [0.5, 0.6) is 5.75 Å². The van der Waals surface area contributed by atoms with Crippen LogP contribution in [0.2, 0.25) is 5.02 Å². The lowest BCUT2D eigenvalue weighted by Crippen LogP contribution is -2.53. The van der Waals surface area contributed by atoms with Gasteiger partial charge in [-0.15, -0.1) is 0 Å². The van der Waals surface area contributed by atoms with E-state index in [1.54, 1.807) is 54.6 Å². The number of amides is 2. The maximum atomic E-state index is 14.3. The number of nitrogens with one attached hydrogen (secondary N) is 1. The minimum atomic E-state index is -4.16. The first-order chi connectivity index (χ1) is 20.6. The standard InChI is InChI=1S/C33H40ClN3O5S/c1-4-31(33(39)35-26-11-7-8-12-26)36(22-25-10-6-9-13-30(25)34)32(38)23-37(27-16-18-28(19-17-27)42-5-2)43(40,41)29-20-14-24(3)15-21-29/h6,9-10,13-21,26,31H,4-5,7-8,11-12,22-23H2,1-3H3,(H,35,39). The third kappa shape index (κ3) is 8.09. The molecule has 43 heavy (non-hydrogen) atoms. The van der Waals surface area contributed by atoms with Crippen molar-refractivity contribution in [2.75, 3.05) is 17.5 Å². The zero-order valence-electron chi connectivity index (χ0n) is 25.0. The number of ether oxygens (including phenoxy) is 1. The molecule has 0 radical (unpaired) electrons. The fraction of sp³-hybridized carbons (Fsp3) is 0.394. The van der Waals surface area contributed by atoms with Gasteiger partial charge >= 0.3 is 0 Å². The van der Waals surface area contributed by atoms with Gasteiger partial charge in [0.1, 0.15) is 18.3 Å². The van der Waals surface area contributed by atoms with Crippen molar-refractivity contribution in [3.63, 3.8) is 0 Å². The van der Waals surface area contributed by atoms with E-state index < -0.39 is 28.5 Å². The Balaban J connectivity index is 1.72. The Kier molecular flexibility index (Phi) is 11.1. The zero-order chi connectivity index (χ0) is 31.0. The highest BCUT2D eigenvalue weighted by atomic mass is 35.5. The SMILES string of the molecule is CCOc1ccc(N(CC(=O)N(Cc2ccccc2Cl)C(CC)C(=O)NC2CCCC2)S(=O)(=O)c2ccc(C)cc2)cc1. The number of anilines is 1. The molecule has 4 rings (SSSR count). The molecule has 0 spiro atoms. The van der Waals surface area contributed by atoms with E-state index >= 15 is 0 Å². The molecule has 0 saturated heterocycles. The molecule has 230 valence electrons. The van der Waals surface area contributed by atoms with Crippen LogP contribution in [0.25, 0.3) is 0 Å². The van der Waals surface area contributed by atoms with E-state index in [1.165, 1.54) is 17.0 Å². The number of carbonyl (C=O) groups is 2. The Bertz CT molecular complexity index is 1490. The lowest BCUT2D eigenvalue weighted by Gasteiger charge is -2.34. The van der Waals surface area contributed by atoms with Gasteiger partial charge in [-0.1, -0.05) is 67.3 Å². The van der Waals surface area contributed by atoms with E-state index in [4.69, 9.17) is 16.3 Å². The normalized spacial score (nSPS) is 14.2. The van der Waals surface area contributed by atoms with Crippen LogP contribution in [-0.4, -0.2) is 50.4 Å². The van der Waals surface area contributed by atoms with Crippen LogP contribution in [0.3, 0.4) is 0 Å². The fourth-order valence-corrected chi connectivity index (χ4v) is 6.95. The Morgan fingerprint density at radius 1 is 0.977 bits per heavy atom. The van der Waals surface area contributed by atoms with Gasteiger partial charge < -0.3 is 15.0 Å². The molecule has 3 aromatic carbocycles. The number of hydrogen-bond acceptors (Lipinski definition) is 5. The highest BCUT2D eigenvalue weighted by Crippen LogP contribution is 2.28. The third-order valence-electron chi connectivity index (χ3n) is 7.71. The Morgan fingerprint density at radius 3 is 2.23 bits per heavy atom. The smallest absolute Gasteiger partial charge is 0.264 e. The molecule has 0 aliphatic heterocycles. The summed E-state index contributed by atoms with van der Waals surface area (Å²) in [5, 5.41) is 3.58. The van der Waals surface area contributed by atoms with Gasteiger partial charge in [0.2, 0.25) is 11.8 Å². The maximum Gasteiger partial charge on any atom is 0.264 e. The van der Waals surface area contributed by atoms with Crippen molar-refractivity contribution in [1.29, 1.82) is 0 Å². The first-order valence-electron chi connectivity index (χ1n) is 14.8. The molecule has 8 nitrogen and oxygen atoms in total. The minimum absolute atomic E-state index is 0.0524. The summed E-state index contributed by atoms with van der Waals surface area (Å²) >= 11 is 6.49. The van der Waals surface area contributed by atoms with Gasteiger partial charge in [0.15, 0.2) is 0 Å².